The molecule has 3 rings (SSSR count). The number of carboxylic acids is 1. The van der Waals surface area contributed by atoms with Crippen molar-refractivity contribution in [3.05, 3.63) is 58.6 Å². The quantitative estimate of drug-likeness (QED) is 0.563. The minimum atomic E-state index is -1.05. The highest BCUT2D eigenvalue weighted by Crippen LogP contribution is 2.39. The first-order chi connectivity index (χ1) is 14.8. The van der Waals surface area contributed by atoms with E-state index in [0.717, 1.165) is 21.4 Å². The second-order valence-electron chi connectivity index (χ2n) is 7.31. The standard InChI is InChI=1S/C23H25BrN2O5/c1-16(2)14-21(27)26(18-8-6-17(24)7-9-18)11-10-25-12-13-30-23-19(25)4-3-5-20(23)31-15-22(28)29/h3-9,14H,10-13,15H2,1-2H3,(H,28,29). The number of halogens is 1. The average molecular weight is 489 g/mol. The van der Waals surface area contributed by atoms with Crippen LogP contribution in [0.25, 0.3) is 0 Å². The normalized spacial score (nSPS) is 12.4. The fourth-order valence-electron chi connectivity index (χ4n) is 3.30. The number of carbonyl (C=O) groups excluding carboxylic acids is 1. The molecule has 8 heteroatoms. The van der Waals surface area contributed by atoms with Crippen LogP contribution in [0, 0.1) is 0 Å². The number of anilines is 2. The first-order valence-corrected chi connectivity index (χ1v) is 10.7. The molecule has 1 heterocycles. The largest absolute Gasteiger partial charge is 0.486 e. The molecule has 0 atom stereocenters. The number of carboxylic acid groups (broad SMARTS) is 1. The molecule has 1 N–H and O–H groups in total. The Bertz CT molecular complexity index is 970. The number of amides is 1. The summed E-state index contributed by atoms with van der Waals surface area (Å²) in [7, 11) is 0. The van der Waals surface area contributed by atoms with Crippen LogP contribution in [0.15, 0.2) is 58.6 Å². The predicted molar refractivity (Wildman–Crippen MR) is 123 cm³/mol. The monoisotopic (exact) mass is 488 g/mol. The van der Waals surface area contributed by atoms with Gasteiger partial charge in [0, 0.05) is 29.3 Å². The minimum absolute atomic E-state index is 0.0747. The SMILES string of the molecule is CC(C)=CC(=O)N(CCN1CCOc2c(OCC(=O)O)cccc21)c1ccc(Br)cc1. The van der Waals surface area contributed by atoms with E-state index in [1.165, 1.54) is 0 Å². The van der Waals surface area contributed by atoms with Gasteiger partial charge in [0.15, 0.2) is 18.1 Å². The third kappa shape index (κ3) is 6.01. The van der Waals surface area contributed by atoms with E-state index < -0.39 is 12.6 Å². The highest BCUT2D eigenvalue weighted by molar-refractivity contribution is 9.10. The van der Waals surface area contributed by atoms with Crippen molar-refractivity contribution in [1.29, 1.82) is 0 Å². The van der Waals surface area contributed by atoms with Gasteiger partial charge in [-0.2, -0.15) is 0 Å². The molecule has 7 nitrogen and oxygen atoms in total. The van der Waals surface area contributed by atoms with Gasteiger partial charge in [-0.3, -0.25) is 4.79 Å². The maximum atomic E-state index is 12.9. The van der Waals surface area contributed by atoms with Crippen LogP contribution in [-0.2, 0) is 9.59 Å². The number of hydrogen-bond donors (Lipinski definition) is 1. The van der Waals surface area contributed by atoms with Gasteiger partial charge in [-0.05, 0) is 50.2 Å². The number of rotatable bonds is 8. The van der Waals surface area contributed by atoms with E-state index in [4.69, 9.17) is 14.6 Å². The van der Waals surface area contributed by atoms with Gasteiger partial charge in [0.05, 0.1) is 12.2 Å². The lowest BCUT2D eigenvalue weighted by Crippen LogP contribution is -2.41. The molecule has 0 bridgehead atoms. The van der Waals surface area contributed by atoms with E-state index in [1.54, 1.807) is 23.1 Å². The van der Waals surface area contributed by atoms with Crippen molar-refractivity contribution in [3.63, 3.8) is 0 Å². The number of benzene rings is 2. The summed E-state index contributed by atoms with van der Waals surface area (Å²) in [6.45, 7) is 5.51. The molecule has 0 radical (unpaired) electrons. The van der Waals surface area contributed by atoms with Crippen LogP contribution in [0.5, 0.6) is 11.5 Å². The van der Waals surface area contributed by atoms with Crippen LogP contribution < -0.4 is 19.3 Å². The van der Waals surface area contributed by atoms with Crippen LogP contribution in [0.4, 0.5) is 11.4 Å². The van der Waals surface area contributed by atoms with Crippen LogP contribution in [-0.4, -0.2) is 49.8 Å². The minimum Gasteiger partial charge on any atom is -0.486 e. The zero-order chi connectivity index (χ0) is 22.4. The van der Waals surface area contributed by atoms with Crippen molar-refractivity contribution < 1.29 is 24.2 Å². The number of allylic oxidation sites excluding steroid dienone is 1. The number of ether oxygens (including phenoxy) is 2. The summed E-state index contributed by atoms with van der Waals surface area (Å²) < 4.78 is 12.1. The molecule has 0 unspecified atom stereocenters. The van der Waals surface area contributed by atoms with E-state index >= 15 is 0 Å². The molecule has 0 fully saturated rings. The molecular formula is C23H25BrN2O5. The highest BCUT2D eigenvalue weighted by atomic mass is 79.9. The van der Waals surface area contributed by atoms with Gasteiger partial charge in [0.25, 0.3) is 5.91 Å². The summed E-state index contributed by atoms with van der Waals surface area (Å²) in [4.78, 5) is 27.6. The van der Waals surface area contributed by atoms with Crippen molar-refractivity contribution in [2.24, 2.45) is 0 Å². The highest BCUT2D eigenvalue weighted by Gasteiger charge is 2.23. The Hall–Kier alpha value is -3.00. The smallest absolute Gasteiger partial charge is 0.341 e. The van der Waals surface area contributed by atoms with E-state index in [2.05, 4.69) is 20.8 Å². The van der Waals surface area contributed by atoms with Crippen molar-refractivity contribution >= 4 is 39.2 Å². The lowest BCUT2D eigenvalue weighted by atomic mass is 10.2. The number of carbonyl (C=O) groups is 2. The van der Waals surface area contributed by atoms with Crippen LogP contribution in [0.1, 0.15) is 13.8 Å². The number of fused-ring (bicyclic) bond motifs is 1. The van der Waals surface area contributed by atoms with Gasteiger partial charge in [0.1, 0.15) is 6.61 Å². The fourth-order valence-corrected chi connectivity index (χ4v) is 3.56. The average Bonchev–Trinajstić information content (AvgIpc) is 2.73. The number of nitrogens with zero attached hydrogens (tertiary/aromatic N) is 2. The molecule has 0 aliphatic carbocycles. The topological polar surface area (TPSA) is 79.3 Å². The summed E-state index contributed by atoms with van der Waals surface area (Å²) in [5, 5.41) is 8.89. The Balaban J connectivity index is 1.80. The zero-order valence-electron chi connectivity index (χ0n) is 17.5. The molecule has 31 heavy (non-hydrogen) atoms. The van der Waals surface area contributed by atoms with Gasteiger partial charge >= 0.3 is 5.97 Å². The molecular weight excluding hydrogens is 464 g/mol. The van der Waals surface area contributed by atoms with Crippen LogP contribution in [0.3, 0.4) is 0 Å². The lowest BCUT2D eigenvalue weighted by molar-refractivity contribution is -0.139. The second-order valence-corrected chi connectivity index (χ2v) is 8.23. The molecule has 164 valence electrons. The van der Waals surface area contributed by atoms with E-state index in [0.29, 0.717) is 37.7 Å². The first kappa shape index (κ1) is 22.7. The molecule has 1 aliphatic heterocycles. The Morgan fingerprint density at radius 3 is 2.65 bits per heavy atom. The van der Waals surface area contributed by atoms with E-state index in [9.17, 15) is 9.59 Å². The van der Waals surface area contributed by atoms with Gasteiger partial charge < -0.3 is 24.4 Å². The number of aliphatic carboxylic acids is 1. The van der Waals surface area contributed by atoms with Crippen LogP contribution >= 0.6 is 15.9 Å². The number of hydrogen-bond acceptors (Lipinski definition) is 5. The first-order valence-electron chi connectivity index (χ1n) is 9.92. The Morgan fingerprint density at radius 1 is 1.23 bits per heavy atom. The summed E-state index contributed by atoms with van der Waals surface area (Å²) >= 11 is 3.43. The Labute approximate surface area is 190 Å². The maximum absolute atomic E-state index is 12.9. The van der Waals surface area contributed by atoms with Gasteiger partial charge in [0.2, 0.25) is 0 Å². The molecule has 0 aromatic heterocycles. The van der Waals surface area contributed by atoms with E-state index in [-0.39, 0.29) is 5.91 Å². The summed E-state index contributed by atoms with van der Waals surface area (Å²) in [5.74, 6) is -0.196. The summed E-state index contributed by atoms with van der Waals surface area (Å²) in [6, 6.07) is 13.0. The summed E-state index contributed by atoms with van der Waals surface area (Å²) in [6.07, 6.45) is 1.63. The van der Waals surface area contributed by atoms with Gasteiger partial charge in [-0.25, -0.2) is 4.79 Å². The van der Waals surface area contributed by atoms with Crippen molar-refractivity contribution in [3.8, 4) is 11.5 Å². The third-order valence-corrected chi connectivity index (χ3v) is 5.20. The van der Waals surface area contributed by atoms with Crippen molar-refractivity contribution in [2.75, 3.05) is 42.6 Å². The van der Waals surface area contributed by atoms with Gasteiger partial charge in [-0.15, -0.1) is 0 Å². The Morgan fingerprint density at radius 2 is 1.97 bits per heavy atom. The molecule has 0 spiro atoms. The number of para-hydroxylation sites is 1. The third-order valence-electron chi connectivity index (χ3n) is 4.67. The Kier molecular flexibility index (Phi) is 7.57. The van der Waals surface area contributed by atoms with Crippen LogP contribution in [0.2, 0.25) is 0 Å². The molecule has 1 amide bonds. The summed E-state index contributed by atoms with van der Waals surface area (Å²) in [5.41, 5.74) is 2.57. The molecule has 0 saturated carbocycles. The molecule has 2 aromatic rings. The zero-order valence-corrected chi connectivity index (χ0v) is 19.1. The second kappa shape index (κ2) is 10.3. The predicted octanol–water partition coefficient (Wildman–Crippen LogP) is 4.11. The van der Waals surface area contributed by atoms with Crippen molar-refractivity contribution in [1.82, 2.24) is 0 Å². The fraction of sp³-hybridized carbons (Fsp3) is 0.304. The molecule has 2 aromatic carbocycles. The molecule has 0 saturated heterocycles. The van der Waals surface area contributed by atoms with Gasteiger partial charge in [-0.1, -0.05) is 27.6 Å². The van der Waals surface area contributed by atoms with Crippen molar-refractivity contribution in [2.45, 2.75) is 13.8 Å². The lowest BCUT2D eigenvalue weighted by Gasteiger charge is -2.34. The van der Waals surface area contributed by atoms with E-state index in [1.807, 2.05) is 44.2 Å². The molecule has 1 aliphatic rings. The maximum Gasteiger partial charge on any atom is 0.341 e.